The number of aromatic nitrogens is 2. The Morgan fingerprint density at radius 1 is 1.22 bits per heavy atom. The molecule has 6 nitrogen and oxygen atoms in total. The second-order valence-corrected chi connectivity index (χ2v) is 5.97. The Balaban J connectivity index is 1.87. The SMILES string of the molecule is Cc1cc(C(=O)N2C[C@H](C(=O)O)[C@H](c3ccccc3)C2)n(C)n1. The minimum atomic E-state index is -0.865. The van der Waals surface area contributed by atoms with Gasteiger partial charge in [0, 0.05) is 26.1 Å². The Bertz CT molecular complexity index is 739. The van der Waals surface area contributed by atoms with E-state index in [2.05, 4.69) is 5.10 Å². The number of aryl methyl sites for hydroxylation is 2. The average Bonchev–Trinajstić information content (AvgIpc) is 3.11. The number of nitrogens with zero attached hydrogens (tertiary/aromatic N) is 3. The number of carbonyl (C=O) groups excluding carboxylic acids is 1. The molecular formula is C17H19N3O3. The predicted octanol–water partition coefficient (Wildman–Crippen LogP) is 1.67. The van der Waals surface area contributed by atoms with E-state index in [1.807, 2.05) is 37.3 Å². The minimum Gasteiger partial charge on any atom is -0.481 e. The maximum Gasteiger partial charge on any atom is 0.308 e. The number of carboxylic acids is 1. The van der Waals surface area contributed by atoms with E-state index in [4.69, 9.17) is 0 Å². The van der Waals surface area contributed by atoms with Gasteiger partial charge in [-0.15, -0.1) is 0 Å². The van der Waals surface area contributed by atoms with Crippen LogP contribution in [0.2, 0.25) is 0 Å². The first kappa shape index (κ1) is 15.3. The molecule has 2 atom stereocenters. The van der Waals surface area contributed by atoms with Crippen LogP contribution in [0.25, 0.3) is 0 Å². The van der Waals surface area contributed by atoms with Gasteiger partial charge in [-0.2, -0.15) is 5.10 Å². The quantitative estimate of drug-likeness (QED) is 0.935. The summed E-state index contributed by atoms with van der Waals surface area (Å²) in [7, 11) is 1.72. The van der Waals surface area contributed by atoms with E-state index < -0.39 is 11.9 Å². The average molecular weight is 313 g/mol. The van der Waals surface area contributed by atoms with Gasteiger partial charge < -0.3 is 10.0 Å². The first-order valence-electron chi connectivity index (χ1n) is 7.55. The Kier molecular flexibility index (Phi) is 3.90. The second-order valence-electron chi connectivity index (χ2n) is 5.97. The normalized spacial score (nSPS) is 20.7. The van der Waals surface area contributed by atoms with Crippen LogP contribution in [-0.4, -0.2) is 44.8 Å². The zero-order valence-corrected chi connectivity index (χ0v) is 13.1. The molecule has 1 N–H and O–H groups in total. The Labute approximate surface area is 134 Å². The Morgan fingerprint density at radius 3 is 2.48 bits per heavy atom. The van der Waals surface area contributed by atoms with Gasteiger partial charge in [0.1, 0.15) is 5.69 Å². The van der Waals surface area contributed by atoms with Crippen LogP contribution in [0, 0.1) is 12.8 Å². The summed E-state index contributed by atoms with van der Waals surface area (Å²) in [4.78, 5) is 25.9. The van der Waals surface area contributed by atoms with Gasteiger partial charge in [-0.1, -0.05) is 30.3 Å². The fourth-order valence-corrected chi connectivity index (χ4v) is 3.23. The molecule has 0 spiro atoms. The topological polar surface area (TPSA) is 75.4 Å². The smallest absolute Gasteiger partial charge is 0.308 e. The lowest BCUT2D eigenvalue weighted by Crippen LogP contribution is -2.31. The van der Waals surface area contributed by atoms with E-state index in [1.54, 1.807) is 22.7 Å². The Morgan fingerprint density at radius 2 is 1.91 bits per heavy atom. The number of carbonyl (C=O) groups is 2. The van der Waals surface area contributed by atoms with Gasteiger partial charge in [-0.05, 0) is 18.6 Å². The molecule has 6 heteroatoms. The van der Waals surface area contributed by atoms with E-state index in [0.717, 1.165) is 11.3 Å². The molecule has 1 aromatic carbocycles. The van der Waals surface area contributed by atoms with Gasteiger partial charge in [0.25, 0.3) is 5.91 Å². The third kappa shape index (κ3) is 2.84. The van der Waals surface area contributed by atoms with Crippen LogP contribution in [0.4, 0.5) is 0 Å². The number of benzene rings is 1. The molecule has 23 heavy (non-hydrogen) atoms. The van der Waals surface area contributed by atoms with Gasteiger partial charge in [0.05, 0.1) is 11.6 Å². The molecule has 3 rings (SSSR count). The minimum absolute atomic E-state index is 0.169. The van der Waals surface area contributed by atoms with E-state index in [-0.39, 0.29) is 18.4 Å². The fourth-order valence-electron chi connectivity index (χ4n) is 3.23. The number of amides is 1. The zero-order valence-electron chi connectivity index (χ0n) is 13.1. The van der Waals surface area contributed by atoms with Crippen LogP contribution in [0.15, 0.2) is 36.4 Å². The molecule has 0 saturated carbocycles. The van der Waals surface area contributed by atoms with E-state index >= 15 is 0 Å². The van der Waals surface area contributed by atoms with Gasteiger partial charge in [-0.3, -0.25) is 14.3 Å². The molecule has 2 heterocycles. The highest BCUT2D eigenvalue weighted by atomic mass is 16.4. The van der Waals surface area contributed by atoms with Gasteiger partial charge in [-0.25, -0.2) is 0 Å². The molecule has 120 valence electrons. The van der Waals surface area contributed by atoms with E-state index in [1.165, 1.54) is 0 Å². The number of likely N-dealkylation sites (tertiary alicyclic amines) is 1. The summed E-state index contributed by atoms with van der Waals surface area (Å²) in [6.45, 7) is 2.45. The first-order chi connectivity index (χ1) is 11.0. The van der Waals surface area contributed by atoms with Crippen molar-refractivity contribution in [1.29, 1.82) is 0 Å². The van der Waals surface area contributed by atoms with Crippen molar-refractivity contribution in [3.05, 3.63) is 53.3 Å². The van der Waals surface area contributed by atoms with E-state index in [0.29, 0.717) is 12.2 Å². The largest absolute Gasteiger partial charge is 0.481 e. The monoisotopic (exact) mass is 313 g/mol. The number of hydrogen-bond donors (Lipinski definition) is 1. The molecule has 1 aromatic heterocycles. The molecule has 1 fully saturated rings. The van der Waals surface area contributed by atoms with Crippen molar-refractivity contribution in [3.8, 4) is 0 Å². The van der Waals surface area contributed by atoms with Gasteiger partial charge >= 0.3 is 5.97 Å². The third-order valence-corrected chi connectivity index (χ3v) is 4.37. The molecular weight excluding hydrogens is 294 g/mol. The molecule has 0 aliphatic carbocycles. The van der Waals surface area contributed by atoms with Crippen molar-refractivity contribution in [1.82, 2.24) is 14.7 Å². The van der Waals surface area contributed by atoms with Crippen molar-refractivity contribution in [2.75, 3.05) is 13.1 Å². The van der Waals surface area contributed by atoms with Crippen LogP contribution in [0.1, 0.15) is 27.7 Å². The van der Waals surface area contributed by atoms with Crippen molar-refractivity contribution in [3.63, 3.8) is 0 Å². The zero-order chi connectivity index (χ0) is 16.6. The first-order valence-corrected chi connectivity index (χ1v) is 7.55. The maximum absolute atomic E-state index is 12.7. The second kappa shape index (κ2) is 5.87. The lowest BCUT2D eigenvalue weighted by Gasteiger charge is -2.16. The molecule has 0 radical (unpaired) electrons. The van der Waals surface area contributed by atoms with E-state index in [9.17, 15) is 14.7 Å². The lowest BCUT2D eigenvalue weighted by atomic mass is 9.89. The summed E-state index contributed by atoms with van der Waals surface area (Å²) in [5.74, 6) is -1.81. The standard InChI is InChI=1S/C17H19N3O3/c1-11-8-15(19(2)18-11)16(21)20-9-13(14(10-20)17(22)23)12-6-4-3-5-7-12/h3-8,13-14H,9-10H2,1-2H3,(H,22,23)/t13-,14-/m0/s1. The van der Waals surface area contributed by atoms with Crippen LogP contribution in [0.3, 0.4) is 0 Å². The summed E-state index contributed by atoms with van der Waals surface area (Å²) in [5.41, 5.74) is 2.21. The van der Waals surface area contributed by atoms with Crippen molar-refractivity contribution < 1.29 is 14.7 Å². The van der Waals surface area contributed by atoms with Crippen LogP contribution in [0.5, 0.6) is 0 Å². The highest BCUT2D eigenvalue weighted by molar-refractivity contribution is 5.93. The van der Waals surface area contributed by atoms with Crippen molar-refractivity contribution in [2.24, 2.45) is 13.0 Å². The highest BCUT2D eigenvalue weighted by Crippen LogP contribution is 2.33. The molecule has 1 aliphatic rings. The number of carboxylic acid groups (broad SMARTS) is 1. The maximum atomic E-state index is 12.7. The molecule has 1 aliphatic heterocycles. The van der Waals surface area contributed by atoms with Gasteiger partial charge in [0.2, 0.25) is 0 Å². The van der Waals surface area contributed by atoms with Crippen LogP contribution < -0.4 is 0 Å². The number of rotatable bonds is 3. The third-order valence-electron chi connectivity index (χ3n) is 4.37. The Hall–Kier alpha value is -2.63. The summed E-state index contributed by atoms with van der Waals surface area (Å²) in [6, 6.07) is 11.3. The molecule has 2 aromatic rings. The number of hydrogen-bond acceptors (Lipinski definition) is 3. The molecule has 0 unspecified atom stereocenters. The lowest BCUT2D eigenvalue weighted by molar-refractivity contribution is -0.141. The highest BCUT2D eigenvalue weighted by Gasteiger charge is 2.41. The molecule has 1 amide bonds. The predicted molar refractivity (Wildman–Crippen MR) is 84.2 cm³/mol. The molecule has 0 bridgehead atoms. The van der Waals surface area contributed by atoms with Crippen molar-refractivity contribution >= 4 is 11.9 Å². The summed E-state index contributed by atoms with van der Waals surface area (Å²) in [6.07, 6.45) is 0. The summed E-state index contributed by atoms with van der Waals surface area (Å²) in [5, 5.41) is 13.7. The number of aliphatic carboxylic acids is 1. The van der Waals surface area contributed by atoms with Crippen LogP contribution in [-0.2, 0) is 11.8 Å². The van der Waals surface area contributed by atoms with Crippen LogP contribution >= 0.6 is 0 Å². The van der Waals surface area contributed by atoms with Crippen molar-refractivity contribution in [2.45, 2.75) is 12.8 Å². The van der Waals surface area contributed by atoms with Gasteiger partial charge in [0.15, 0.2) is 0 Å². The fraction of sp³-hybridized carbons (Fsp3) is 0.353. The molecule has 1 saturated heterocycles. The summed E-state index contributed by atoms with van der Waals surface area (Å²) < 4.78 is 1.54. The summed E-state index contributed by atoms with van der Waals surface area (Å²) >= 11 is 0.